The maximum atomic E-state index is 5.67. The van der Waals surface area contributed by atoms with Crippen LogP contribution in [0.1, 0.15) is 12.0 Å². The van der Waals surface area contributed by atoms with Gasteiger partial charge in [0.2, 0.25) is 0 Å². The SMILES string of the molecule is COCOc1ccc(C2=CCSCC2)c(OCOC)c1. The van der Waals surface area contributed by atoms with E-state index in [1.54, 1.807) is 14.2 Å². The molecule has 1 heterocycles. The summed E-state index contributed by atoms with van der Waals surface area (Å²) in [6, 6.07) is 5.87. The minimum Gasteiger partial charge on any atom is -0.467 e. The fraction of sp³-hybridized carbons (Fsp3) is 0.467. The molecule has 2 rings (SSSR count). The lowest BCUT2D eigenvalue weighted by atomic mass is 10.0. The number of methoxy groups -OCH3 is 2. The summed E-state index contributed by atoms with van der Waals surface area (Å²) in [5.41, 5.74) is 2.44. The lowest BCUT2D eigenvalue weighted by molar-refractivity contribution is 0.0459. The first kappa shape index (κ1) is 15.2. The largest absolute Gasteiger partial charge is 0.467 e. The molecule has 0 N–H and O–H groups in total. The standard InChI is InChI=1S/C15H20O4S/c1-16-10-18-13-3-4-14(12-5-7-20-8-6-12)15(9-13)19-11-17-2/h3-5,9H,6-8,10-11H2,1-2H3. The Balaban J connectivity index is 2.22. The smallest absolute Gasteiger partial charge is 0.188 e. The van der Waals surface area contributed by atoms with Crippen LogP contribution in [0, 0.1) is 0 Å². The van der Waals surface area contributed by atoms with Gasteiger partial charge in [-0.25, -0.2) is 0 Å². The predicted molar refractivity (Wildman–Crippen MR) is 81.4 cm³/mol. The number of allylic oxidation sites excluding steroid dienone is 1. The molecular weight excluding hydrogens is 276 g/mol. The zero-order chi connectivity index (χ0) is 14.2. The lowest BCUT2D eigenvalue weighted by Crippen LogP contribution is -2.05. The summed E-state index contributed by atoms with van der Waals surface area (Å²) in [7, 11) is 3.21. The molecule has 0 bridgehead atoms. The highest BCUT2D eigenvalue weighted by molar-refractivity contribution is 7.99. The Morgan fingerprint density at radius 2 is 1.90 bits per heavy atom. The van der Waals surface area contributed by atoms with Crippen molar-refractivity contribution in [3.05, 3.63) is 29.8 Å². The average Bonchev–Trinajstić information content (AvgIpc) is 2.51. The number of hydrogen-bond acceptors (Lipinski definition) is 5. The van der Waals surface area contributed by atoms with Crippen LogP contribution in [0.2, 0.25) is 0 Å². The Bertz CT molecular complexity index is 459. The fourth-order valence-electron chi connectivity index (χ4n) is 2.00. The third-order valence-electron chi connectivity index (χ3n) is 2.94. The van der Waals surface area contributed by atoms with E-state index in [1.807, 2.05) is 30.0 Å². The molecule has 20 heavy (non-hydrogen) atoms. The number of ether oxygens (including phenoxy) is 4. The fourth-order valence-corrected chi connectivity index (χ4v) is 2.85. The third kappa shape index (κ3) is 4.16. The average molecular weight is 296 g/mol. The summed E-state index contributed by atoms with van der Waals surface area (Å²) in [5.74, 6) is 3.73. The second-order valence-electron chi connectivity index (χ2n) is 4.31. The van der Waals surface area contributed by atoms with Crippen molar-refractivity contribution in [2.24, 2.45) is 0 Å². The van der Waals surface area contributed by atoms with Crippen molar-refractivity contribution in [2.45, 2.75) is 6.42 Å². The number of benzene rings is 1. The molecule has 0 unspecified atom stereocenters. The van der Waals surface area contributed by atoms with Crippen molar-refractivity contribution in [3.8, 4) is 11.5 Å². The van der Waals surface area contributed by atoms with E-state index >= 15 is 0 Å². The van der Waals surface area contributed by atoms with Crippen molar-refractivity contribution in [2.75, 3.05) is 39.3 Å². The number of rotatable bonds is 7. The van der Waals surface area contributed by atoms with E-state index in [1.165, 1.54) is 5.57 Å². The van der Waals surface area contributed by atoms with Crippen LogP contribution < -0.4 is 9.47 Å². The Kier molecular flexibility index (Phi) is 6.24. The second-order valence-corrected chi connectivity index (χ2v) is 5.46. The molecule has 0 spiro atoms. The molecule has 1 aromatic carbocycles. The van der Waals surface area contributed by atoms with Gasteiger partial charge in [-0.05, 0) is 29.9 Å². The van der Waals surface area contributed by atoms with Gasteiger partial charge in [0.05, 0.1) is 0 Å². The monoisotopic (exact) mass is 296 g/mol. The minimum absolute atomic E-state index is 0.225. The van der Waals surface area contributed by atoms with Crippen LogP contribution in [0.25, 0.3) is 5.57 Å². The molecule has 1 aromatic rings. The molecule has 0 aromatic heterocycles. The van der Waals surface area contributed by atoms with E-state index in [4.69, 9.17) is 18.9 Å². The van der Waals surface area contributed by atoms with Crippen molar-refractivity contribution in [3.63, 3.8) is 0 Å². The molecule has 0 radical (unpaired) electrons. The summed E-state index contributed by atoms with van der Waals surface area (Å²) < 4.78 is 21.0. The molecule has 0 saturated heterocycles. The maximum Gasteiger partial charge on any atom is 0.188 e. The van der Waals surface area contributed by atoms with E-state index in [0.717, 1.165) is 35.0 Å². The minimum atomic E-state index is 0.225. The Hall–Kier alpha value is -1.17. The van der Waals surface area contributed by atoms with Gasteiger partial charge in [0.25, 0.3) is 0 Å². The molecule has 5 heteroatoms. The van der Waals surface area contributed by atoms with Crippen LogP contribution in [0.3, 0.4) is 0 Å². The maximum absolute atomic E-state index is 5.67. The van der Waals surface area contributed by atoms with E-state index in [2.05, 4.69) is 6.08 Å². The zero-order valence-electron chi connectivity index (χ0n) is 11.9. The summed E-state index contributed by atoms with van der Waals surface area (Å²) in [6.45, 7) is 0.450. The van der Waals surface area contributed by atoms with Gasteiger partial charge in [0.15, 0.2) is 13.6 Å². The summed E-state index contributed by atoms with van der Waals surface area (Å²) in [4.78, 5) is 0. The van der Waals surface area contributed by atoms with Crippen LogP contribution in [0.5, 0.6) is 11.5 Å². The van der Waals surface area contributed by atoms with Gasteiger partial charge in [-0.3, -0.25) is 0 Å². The topological polar surface area (TPSA) is 36.9 Å². The van der Waals surface area contributed by atoms with Gasteiger partial charge in [0, 0.05) is 31.6 Å². The van der Waals surface area contributed by atoms with Gasteiger partial charge >= 0.3 is 0 Å². The van der Waals surface area contributed by atoms with Gasteiger partial charge < -0.3 is 18.9 Å². The van der Waals surface area contributed by atoms with Crippen molar-refractivity contribution < 1.29 is 18.9 Å². The van der Waals surface area contributed by atoms with Gasteiger partial charge in [-0.15, -0.1) is 0 Å². The molecule has 0 amide bonds. The third-order valence-corrected chi connectivity index (χ3v) is 3.83. The quantitative estimate of drug-likeness (QED) is 0.722. The Morgan fingerprint density at radius 3 is 2.60 bits per heavy atom. The Labute approximate surface area is 124 Å². The van der Waals surface area contributed by atoms with Crippen LogP contribution in [0.4, 0.5) is 0 Å². The molecule has 0 fully saturated rings. The van der Waals surface area contributed by atoms with E-state index in [9.17, 15) is 0 Å². The van der Waals surface area contributed by atoms with Gasteiger partial charge in [0.1, 0.15) is 11.5 Å². The highest BCUT2D eigenvalue weighted by Crippen LogP contribution is 2.34. The molecule has 0 saturated carbocycles. The number of hydrogen-bond donors (Lipinski definition) is 0. The van der Waals surface area contributed by atoms with Crippen LogP contribution in [-0.2, 0) is 9.47 Å². The van der Waals surface area contributed by atoms with Crippen molar-refractivity contribution in [1.82, 2.24) is 0 Å². The summed E-state index contributed by atoms with van der Waals surface area (Å²) >= 11 is 1.95. The predicted octanol–water partition coefficient (Wildman–Crippen LogP) is 3.17. The van der Waals surface area contributed by atoms with Crippen molar-refractivity contribution in [1.29, 1.82) is 0 Å². The first-order valence-corrected chi connectivity index (χ1v) is 7.65. The van der Waals surface area contributed by atoms with E-state index < -0.39 is 0 Å². The van der Waals surface area contributed by atoms with E-state index in [-0.39, 0.29) is 13.6 Å². The molecule has 110 valence electrons. The Morgan fingerprint density at radius 1 is 1.10 bits per heavy atom. The molecule has 4 nitrogen and oxygen atoms in total. The summed E-state index contributed by atoms with van der Waals surface area (Å²) in [5, 5.41) is 0. The van der Waals surface area contributed by atoms with Gasteiger partial charge in [-0.2, -0.15) is 11.8 Å². The van der Waals surface area contributed by atoms with Crippen LogP contribution in [0.15, 0.2) is 24.3 Å². The first-order chi connectivity index (χ1) is 9.85. The molecule has 0 atom stereocenters. The highest BCUT2D eigenvalue weighted by atomic mass is 32.2. The molecule has 1 aliphatic rings. The molecule has 0 aliphatic carbocycles. The van der Waals surface area contributed by atoms with Crippen LogP contribution in [-0.4, -0.2) is 39.3 Å². The van der Waals surface area contributed by atoms with E-state index in [0.29, 0.717) is 0 Å². The molecular formula is C15H20O4S. The van der Waals surface area contributed by atoms with Crippen molar-refractivity contribution >= 4 is 17.3 Å². The normalized spacial score (nSPS) is 14.8. The van der Waals surface area contributed by atoms with Gasteiger partial charge in [-0.1, -0.05) is 6.08 Å². The second kappa shape index (κ2) is 8.19. The first-order valence-electron chi connectivity index (χ1n) is 6.50. The molecule has 1 aliphatic heterocycles. The van der Waals surface area contributed by atoms with Crippen LogP contribution >= 0.6 is 11.8 Å². The summed E-state index contributed by atoms with van der Waals surface area (Å²) in [6.07, 6.45) is 3.32. The lowest BCUT2D eigenvalue weighted by Gasteiger charge is -2.17. The number of thioether (sulfide) groups is 1. The highest BCUT2D eigenvalue weighted by Gasteiger charge is 2.13. The zero-order valence-corrected chi connectivity index (χ0v) is 12.7.